The summed E-state index contributed by atoms with van der Waals surface area (Å²) in [7, 11) is 1.69. The number of fused-ring (bicyclic) bond motifs is 1. The normalized spacial score (nSPS) is 16.7. The molecule has 1 aliphatic rings. The second-order valence-corrected chi connectivity index (χ2v) is 8.04. The van der Waals surface area contributed by atoms with Crippen molar-refractivity contribution in [2.45, 2.75) is 32.4 Å². The Kier molecular flexibility index (Phi) is 5.93. The molecule has 0 radical (unpaired) electrons. The summed E-state index contributed by atoms with van der Waals surface area (Å²) in [5.41, 5.74) is 4.24. The van der Waals surface area contributed by atoms with Crippen molar-refractivity contribution in [3.05, 3.63) is 58.8 Å². The maximum Gasteiger partial charge on any atom is 0.337 e. The van der Waals surface area contributed by atoms with Gasteiger partial charge in [-0.05, 0) is 44.0 Å². The number of benzene rings is 2. The number of nitrogens with one attached hydrogen (secondary N) is 1. The van der Waals surface area contributed by atoms with Crippen LogP contribution in [0.2, 0.25) is 0 Å². The molecular weight excluding hydrogens is 406 g/mol. The van der Waals surface area contributed by atoms with Gasteiger partial charge in [0.25, 0.3) is 0 Å². The zero-order chi connectivity index (χ0) is 22.8. The molecule has 0 unspecified atom stereocenters. The summed E-state index contributed by atoms with van der Waals surface area (Å²) in [4.78, 5) is 23.2. The quantitative estimate of drug-likeness (QED) is 0.604. The monoisotopic (exact) mass is 431 g/mol. The molecule has 0 amide bonds. The van der Waals surface area contributed by atoms with Crippen LogP contribution in [-0.4, -0.2) is 47.3 Å². The second-order valence-electron chi connectivity index (χ2n) is 8.04. The topological polar surface area (TPSA) is 111 Å². The van der Waals surface area contributed by atoms with Crippen LogP contribution in [0.3, 0.4) is 0 Å². The highest BCUT2D eigenvalue weighted by molar-refractivity contribution is 5.94. The lowest BCUT2D eigenvalue weighted by molar-refractivity contribution is 0.0698. The molecule has 4 rings (SSSR count). The number of carboxylic acid groups (broad SMARTS) is 1. The predicted octanol–water partition coefficient (Wildman–Crippen LogP) is 3.91. The number of hydrogen-bond donors (Lipinski definition) is 2. The Hall–Kier alpha value is -3.70. The lowest BCUT2D eigenvalue weighted by Crippen LogP contribution is -2.24. The van der Waals surface area contributed by atoms with E-state index in [9.17, 15) is 15.2 Å². The van der Waals surface area contributed by atoms with E-state index < -0.39 is 5.97 Å². The molecule has 2 atom stereocenters. The maximum absolute atomic E-state index is 11.6. The molecule has 8 nitrogen and oxygen atoms in total. The van der Waals surface area contributed by atoms with Crippen LogP contribution in [-0.2, 0) is 4.74 Å². The first-order valence-corrected chi connectivity index (χ1v) is 10.5. The molecule has 1 aromatic heterocycles. The standard InChI is InChI=1S/C24H25N5O3/c1-14-10-18(15(2)26-19-7-5-4-6-17(19)24(30)31)22-20(11-14)27-21(12-25)23(28-22)29-9-8-16(13-29)32-3/h4-7,10-11,15-16,26H,8-9,13H2,1-3H3,(H,30,31)/t15-,16+/m1/s1. The fourth-order valence-electron chi connectivity index (χ4n) is 4.17. The summed E-state index contributed by atoms with van der Waals surface area (Å²) in [5.74, 6) is -0.431. The Morgan fingerprint density at radius 2 is 2.12 bits per heavy atom. The molecule has 3 aromatic rings. The van der Waals surface area contributed by atoms with Gasteiger partial charge in [0.1, 0.15) is 6.07 Å². The average Bonchev–Trinajstić information content (AvgIpc) is 3.27. The minimum atomic E-state index is -0.989. The van der Waals surface area contributed by atoms with E-state index in [1.807, 2.05) is 30.9 Å². The highest BCUT2D eigenvalue weighted by atomic mass is 16.5. The molecule has 0 bridgehead atoms. The maximum atomic E-state index is 11.6. The van der Waals surface area contributed by atoms with E-state index in [1.54, 1.807) is 31.4 Å². The number of ether oxygens (including phenoxy) is 1. The molecule has 0 spiro atoms. The third kappa shape index (κ3) is 4.07. The third-order valence-corrected chi connectivity index (χ3v) is 5.81. The van der Waals surface area contributed by atoms with E-state index in [0.29, 0.717) is 34.8 Å². The molecule has 1 fully saturated rings. The largest absolute Gasteiger partial charge is 0.478 e. The molecule has 8 heteroatoms. The summed E-state index contributed by atoms with van der Waals surface area (Å²) in [5, 5.41) is 22.5. The van der Waals surface area contributed by atoms with Crippen molar-refractivity contribution in [2.75, 3.05) is 30.4 Å². The number of aromatic nitrogens is 2. The SMILES string of the molecule is CO[C@H]1CCN(c2nc3c([C@@H](C)Nc4ccccc4C(=O)O)cc(C)cc3nc2C#N)C1. The van der Waals surface area contributed by atoms with Crippen LogP contribution < -0.4 is 10.2 Å². The fraction of sp³-hybridized carbons (Fsp3) is 0.333. The zero-order valence-electron chi connectivity index (χ0n) is 18.3. The Balaban J connectivity index is 1.78. The highest BCUT2D eigenvalue weighted by Gasteiger charge is 2.27. The number of methoxy groups -OCH3 is 1. The van der Waals surface area contributed by atoms with Crippen molar-refractivity contribution in [1.82, 2.24) is 9.97 Å². The summed E-state index contributed by atoms with van der Waals surface area (Å²) >= 11 is 0. The van der Waals surface area contributed by atoms with Gasteiger partial charge in [0.15, 0.2) is 11.5 Å². The third-order valence-electron chi connectivity index (χ3n) is 5.81. The van der Waals surface area contributed by atoms with Crippen molar-refractivity contribution in [1.29, 1.82) is 5.26 Å². The van der Waals surface area contributed by atoms with E-state index >= 15 is 0 Å². The lowest BCUT2D eigenvalue weighted by atomic mass is 10.0. The number of hydrogen-bond acceptors (Lipinski definition) is 7. The van der Waals surface area contributed by atoms with Gasteiger partial charge in [-0.2, -0.15) is 5.26 Å². The van der Waals surface area contributed by atoms with Crippen LogP contribution in [0.25, 0.3) is 11.0 Å². The molecule has 1 aliphatic heterocycles. The number of rotatable bonds is 6. The minimum Gasteiger partial charge on any atom is -0.478 e. The number of para-hydroxylation sites is 1. The van der Waals surface area contributed by atoms with E-state index in [0.717, 1.165) is 24.1 Å². The fourth-order valence-corrected chi connectivity index (χ4v) is 4.17. The molecule has 1 saturated heterocycles. The highest BCUT2D eigenvalue weighted by Crippen LogP contribution is 2.31. The van der Waals surface area contributed by atoms with E-state index in [-0.39, 0.29) is 17.7 Å². The first-order valence-electron chi connectivity index (χ1n) is 10.5. The van der Waals surface area contributed by atoms with Crippen LogP contribution in [0.4, 0.5) is 11.5 Å². The number of aromatic carboxylic acids is 1. The first-order chi connectivity index (χ1) is 15.4. The second kappa shape index (κ2) is 8.81. The number of nitrogens with zero attached hydrogens (tertiary/aromatic N) is 4. The molecular formula is C24H25N5O3. The van der Waals surface area contributed by atoms with Crippen molar-refractivity contribution in [2.24, 2.45) is 0 Å². The molecule has 0 aliphatic carbocycles. The molecule has 0 saturated carbocycles. The Morgan fingerprint density at radius 1 is 1.34 bits per heavy atom. The van der Waals surface area contributed by atoms with Gasteiger partial charge < -0.3 is 20.1 Å². The number of carbonyl (C=O) groups is 1. The molecule has 2 aromatic carbocycles. The Labute approximate surface area is 186 Å². The number of nitriles is 1. The lowest BCUT2D eigenvalue weighted by Gasteiger charge is -2.22. The first kappa shape index (κ1) is 21.5. The van der Waals surface area contributed by atoms with Gasteiger partial charge in [0.2, 0.25) is 0 Å². The van der Waals surface area contributed by atoms with Crippen LogP contribution in [0.1, 0.15) is 46.6 Å². The molecule has 164 valence electrons. The van der Waals surface area contributed by atoms with Gasteiger partial charge in [-0.1, -0.05) is 18.2 Å². The van der Waals surface area contributed by atoms with Crippen molar-refractivity contribution in [3.63, 3.8) is 0 Å². The van der Waals surface area contributed by atoms with Gasteiger partial charge >= 0.3 is 5.97 Å². The number of anilines is 2. The van der Waals surface area contributed by atoms with Gasteiger partial charge in [0, 0.05) is 31.5 Å². The van der Waals surface area contributed by atoms with Gasteiger partial charge in [-0.15, -0.1) is 0 Å². The van der Waals surface area contributed by atoms with Gasteiger partial charge in [0.05, 0.1) is 28.7 Å². The van der Waals surface area contributed by atoms with Crippen LogP contribution >= 0.6 is 0 Å². The van der Waals surface area contributed by atoms with Crippen LogP contribution in [0.5, 0.6) is 0 Å². The zero-order valence-corrected chi connectivity index (χ0v) is 18.3. The summed E-state index contributed by atoms with van der Waals surface area (Å²) in [6.45, 7) is 5.33. The van der Waals surface area contributed by atoms with Crippen LogP contribution in [0.15, 0.2) is 36.4 Å². The molecule has 2 N–H and O–H groups in total. The Bertz CT molecular complexity index is 1220. The summed E-state index contributed by atoms with van der Waals surface area (Å²) in [6.07, 6.45) is 0.968. The summed E-state index contributed by atoms with van der Waals surface area (Å²) < 4.78 is 5.47. The number of aryl methyl sites for hydroxylation is 1. The average molecular weight is 431 g/mol. The van der Waals surface area contributed by atoms with Crippen molar-refractivity contribution < 1.29 is 14.6 Å². The minimum absolute atomic E-state index is 0.102. The van der Waals surface area contributed by atoms with Crippen molar-refractivity contribution >= 4 is 28.5 Å². The Morgan fingerprint density at radius 3 is 2.81 bits per heavy atom. The van der Waals surface area contributed by atoms with Gasteiger partial charge in [-0.25, -0.2) is 14.8 Å². The van der Waals surface area contributed by atoms with E-state index in [2.05, 4.69) is 16.4 Å². The van der Waals surface area contributed by atoms with E-state index in [1.165, 1.54) is 0 Å². The number of carboxylic acids is 1. The van der Waals surface area contributed by atoms with E-state index in [4.69, 9.17) is 9.72 Å². The molecule has 32 heavy (non-hydrogen) atoms. The predicted molar refractivity (Wildman–Crippen MR) is 122 cm³/mol. The molecule has 2 heterocycles. The van der Waals surface area contributed by atoms with Crippen LogP contribution in [0, 0.1) is 18.3 Å². The smallest absolute Gasteiger partial charge is 0.337 e. The van der Waals surface area contributed by atoms with Crippen molar-refractivity contribution in [3.8, 4) is 6.07 Å². The van der Waals surface area contributed by atoms with Gasteiger partial charge in [-0.3, -0.25) is 0 Å². The summed E-state index contributed by atoms with van der Waals surface area (Å²) in [6, 6.07) is 12.7.